The van der Waals surface area contributed by atoms with Gasteiger partial charge in [-0.25, -0.2) is 0 Å². The van der Waals surface area contributed by atoms with Crippen LogP contribution in [0, 0.1) is 11.8 Å². The Morgan fingerprint density at radius 1 is 0.762 bits per heavy atom. The van der Waals surface area contributed by atoms with Gasteiger partial charge in [-0.1, -0.05) is 19.1 Å². The third-order valence-electron chi connectivity index (χ3n) is 6.65. The van der Waals surface area contributed by atoms with E-state index < -0.39 is 17.7 Å². The van der Waals surface area contributed by atoms with Crippen molar-refractivity contribution in [1.29, 1.82) is 0 Å². The van der Waals surface area contributed by atoms with E-state index in [4.69, 9.17) is 18.9 Å². The Morgan fingerprint density at radius 3 is 1.62 bits per heavy atom. The summed E-state index contributed by atoms with van der Waals surface area (Å²) in [5, 5.41) is 7.75. The van der Waals surface area contributed by atoms with E-state index in [9.17, 15) is 24.0 Å². The molecule has 1 aromatic rings. The number of ketones is 4. The molecule has 42 heavy (non-hydrogen) atoms. The maximum atomic E-state index is 12.9. The summed E-state index contributed by atoms with van der Waals surface area (Å²) in [5.41, 5.74) is 0.752. The summed E-state index contributed by atoms with van der Waals surface area (Å²) < 4.78 is 23.4. The molecule has 0 aromatic carbocycles. The number of carbonyl (C=O) groups is 5. The van der Waals surface area contributed by atoms with Gasteiger partial charge in [0.25, 0.3) is 0 Å². The number of amides is 1. The summed E-state index contributed by atoms with van der Waals surface area (Å²) in [5.74, 6) is -1.97. The minimum absolute atomic E-state index is 0.0162. The van der Waals surface area contributed by atoms with Crippen molar-refractivity contribution in [3.05, 3.63) is 11.9 Å². The Hall–Kier alpha value is -2.87. The quantitative estimate of drug-likeness (QED) is 0.144. The molecule has 238 valence electrons. The van der Waals surface area contributed by atoms with E-state index in [1.165, 1.54) is 18.7 Å². The van der Waals surface area contributed by atoms with Gasteiger partial charge in [0.15, 0.2) is 11.6 Å². The Bertz CT molecular complexity index is 944. The van der Waals surface area contributed by atoms with Crippen molar-refractivity contribution in [3.8, 4) is 0 Å². The maximum Gasteiger partial charge on any atom is 0.225 e. The monoisotopic (exact) mass is 596 g/mol. The van der Waals surface area contributed by atoms with E-state index in [1.807, 2.05) is 13.8 Å². The Kier molecular flexibility index (Phi) is 19.3. The van der Waals surface area contributed by atoms with E-state index in [1.54, 1.807) is 17.9 Å². The van der Waals surface area contributed by atoms with Gasteiger partial charge in [-0.15, -0.1) is 5.10 Å². The minimum atomic E-state index is -0.413. The summed E-state index contributed by atoms with van der Waals surface area (Å²) in [6.07, 6.45) is 2.83. The molecule has 0 aliphatic carbocycles. The molecule has 1 amide bonds. The first-order valence-corrected chi connectivity index (χ1v) is 14.5. The van der Waals surface area contributed by atoms with E-state index in [0.29, 0.717) is 52.5 Å². The second-order valence-corrected chi connectivity index (χ2v) is 10.2. The van der Waals surface area contributed by atoms with Crippen LogP contribution in [0.4, 0.5) is 0 Å². The van der Waals surface area contributed by atoms with Gasteiger partial charge in [0, 0.05) is 31.7 Å². The second-order valence-electron chi connectivity index (χ2n) is 10.2. The van der Waals surface area contributed by atoms with Gasteiger partial charge in [-0.3, -0.25) is 28.7 Å². The van der Waals surface area contributed by atoms with Crippen LogP contribution >= 0.6 is 0 Å². The van der Waals surface area contributed by atoms with Gasteiger partial charge >= 0.3 is 0 Å². The van der Waals surface area contributed by atoms with Gasteiger partial charge in [-0.2, -0.15) is 0 Å². The number of nitrogens with zero attached hydrogens (tertiary/aromatic N) is 4. The molecule has 0 saturated carbocycles. The first kappa shape index (κ1) is 37.2. The molecule has 2 atom stereocenters. The van der Waals surface area contributed by atoms with Crippen LogP contribution in [0.25, 0.3) is 0 Å². The van der Waals surface area contributed by atoms with E-state index in [2.05, 4.69) is 10.3 Å². The van der Waals surface area contributed by atoms with Gasteiger partial charge in [0.2, 0.25) is 5.91 Å². The molecule has 13 nitrogen and oxygen atoms in total. The molecule has 0 aliphatic heterocycles. The number of carbonyl (C=O) groups excluding carboxylic acids is 5. The molecule has 0 aliphatic rings. The molecule has 0 saturated heterocycles. The third-order valence-corrected chi connectivity index (χ3v) is 6.65. The van der Waals surface area contributed by atoms with Crippen LogP contribution < -0.4 is 0 Å². The van der Waals surface area contributed by atoms with Crippen LogP contribution in [0.5, 0.6) is 0 Å². The highest BCUT2D eigenvalue weighted by Gasteiger charge is 2.25. The number of hydrogen-bond donors (Lipinski definition) is 0. The zero-order valence-electron chi connectivity index (χ0n) is 25.8. The van der Waals surface area contributed by atoms with Crippen molar-refractivity contribution >= 4 is 29.0 Å². The molecule has 1 heterocycles. The average molecular weight is 597 g/mol. The number of rotatable bonds is 26. The second kappa shape index (κ2) is 21.8. The SMILES string of the molecule is CCC(CC(=O)CN(CC(=O)CC(CC)C(C)=O)C(=O)CCOCCOCCOCCOCc1cn(C)nn1)C(C)=O. The molecule has 2 unspecified atom stereocenters. The van der Waals surface area contributed by atoms with Gasteiger partial charge in [-0.05, 0) is 26.7 Å². The first-order chi connectivity index (χ1) is 20.1. The molecular weight excluding hydrogens is 548 g/mol. The number of aryl methyl sites for hydroxylation is 1. The van der Waals surface area contributed by atoms with Crippen LogP contribution in [0.2, 0.25) is 0 Å². The van der Waals surface area contributed by atoms with Gasteiger partial charge < -0.3 is 23.8 Å². The normalized spacial score (nSPS) is 12.6. The van der Waals surface area contributed by atoms with E-state index >= 15 is 0 Å². The number of hydrogen-bond acceptors (Lipinski definition) is 11. The van der Waals surface area contributed by atoms with Crippen molar-refractivity contribution in [3.63, 3.8) is 0 Å². The smallest absolute Gasteiger partial charge is 0.225 e. The Labute approximate surface area is 248 Å². The lowest BCUT2D eigenvalue weighted by molar-refractivity contribution is -0.140. The highest BCUT2D eigenvalue weighted by atomic mass is 16.6. The van der Waals surface area contributed by atoms with Crippen molar-refractivity contribution in [2.24, 2.45) is 18.9 Å². The summed E-state index contributed by atoms with van der Waals surface area (Å²) >= 11 is 0. The first-order valence-electron chi connectivity index (χ1n) is 14.5. The highest BCUT2D eigenvalue weighted by molar-refractivity contribution is 5.93. The molecular formula is C29H48N4O9. The number of Topliss-reactive ketones (excluding diaryl/α,β-unsaturated/α-hetero) is 4. The fourth-order valence-electron chi connectivity index (χ4n) is 4.10. The Morgan fingerprint density at radius 2 is 1.21 bits per heavy atom. The van der Waals surface area contributed by atoms with Crippen molar-refractivity contribution < 1.29 is 42.9 Å². The molecule has 1 rings (SSSR count). The lowest BCUT2D eigenvalue weighted by atomic mass is 9.94. The zero-order chi connectivity index (χ0) is 31.3. The van der Waals surface area contributed by atoms with Gasteiger partial charge in [0.1, 0.15) is 17.3 Å². The summed E-state index contributed by atoms with van der Waals surface area (Å²) in [4.78, 5) is 62.9. The summed E-state index contributed by atoms with van der Waals surface area (Å²) in [6.45, 7) is 8.66. The largest absolute Gasteiger partial charge is 0.379 e. The number of aromatic nitrogens is 3. The Balaban J connectivity index is 2.33. The van der Waals surface area contributed by atoms with Crippen LogP contribution in [-0.2, 0) is 56.6 Å². The number of ether oxygens (including phenoxy) is 4. The summed E-state index contributed by atoms with van der Waals surface area (Å²) in [7, 11) is 1.79. The molecule has 0 spiro atoms. The zero-order valence-corrected chi connectivity index (χ0v) is 25.8. The van der Waals surface area contributed by atoms with Crippen LogP contribution in [0.15, 0.2) is 6.20 Å². The van der Waals surface area contributed by atoms with Crippen molar-refractivity contribution in [2.75, 3.05) is 59.3 Å². The molecule has 0 bridgehead atoms. The lowest BCUT2D eigenvalue weighted by Gasteiger charge is -2.23. The fourth-order valence-corrected chi connectivity index (χ4v) is 4.10. The van der Waals surface area contributed by atoms with Crippen LogP contribution in [0.1, 0.15) is 65.5 Å². The molecule has 1 aromatic heterocycles. The van der Waals surface area contributed by atoms with E-state index in [-0.39, 0.29) is 68.7 Å². The lowest BCUT2D eigenvalue weighted by Crippen LogP contribution is -2.41. The molecule has 0 N–H and O–H groups in total. The van der Waals surface area contributed by atoms with Crippen molar-refractivity contribution in [1.82, 2.24) is 19.9 Å². The fraction of sp³-hybridized carbons (Fsp3) is 0.759. The molecule has 0 fully saturated rings. The average Bonchev–Trinajstić information content (AvgIpc) is 3.36. The summed E-state index contributed by atoms with van der Waals surface area (Å²) in [6, 6.07) is 0. The predicted octanol–water partition coefficient (Wildman–Crippen LogP) is 1.75. The third kappa shape index (κ3) is 16.5. The predicted molar refractivity (Wildman–Crippen MR) is 152 cm³/mol. The van der Waals surface area contributed by atoms with Gasteiger partial charge in [0.05, 0.1) is 78.6 Å². The highest BCUT2D eigenvalue weighted by Crippen LogP contribution is 2.13. The molecule has 13 heteroatoms. The topological polar surface area (TPSA) is 156 Å². The van der Waals surface area contributed by atoms with Crippen LogP contribution in [-0.4, -0.2) is 108 Å². The minimum Gasteiger partial charge on any atom is -0.379 e. The molecule has 0 radical (unpaired) electrons. The van der Waals surface area contributed by atoms with Crippen molar-refractivity contribution in [2.45, 2.75) is 66.4 Å². The van der Waals surface area contributed by atoms with Crippen LogP contribution in [0.3, 0.4) is 0 Å². The van der Waals surface area contributed by atoms with E-state index in [0.717, 1.165) is 5.69 Å². The standard InChI is InChI=1S/C29H48N4O9/c1-6-24(22(3)34)16-27(36)19-33(20-28(37)17-25(7-2)23(4)35)29(38)8-9-39-10-11-40-12-13-41-14-15-42-21-26-18-32(5)31-30-26/h18,24-25H,6-17,19-21H2,1-5H3. The maximum absolute atomic E-state index is 12.9.